The number of rotatable bonds is 2. The molecule has 1 aromatic rings. The molecule has 9 heteroatoms. The highest BCUT2D eigenvalue weighted by molar-refractivity contribution is 14.1. The van der Waals surface area contributed by atoms with E-state index in [0.717, 1.165) is 0 Å². The fourth-order valence-corrected chi connectivity index (χ4v) is 3.47. The summed E-state index contributed by atoms with van der Waals surface area (Å²) in [6.45, 7) is 0. The molecule has 0 spiro atoms. The molecule has 0 unspecified atom stereocenters. The van der Waals surface area contributed by atoms with Gasteiger partial charge in [-0.3, -0.25) is 0 Å². The number of pyridine rings is 1. The number of hydrogen-bond acceptors (Lipinski definition) is 3. The highest BCUT2D eigenvalue weighted by atomic mass is 127. The second-order valence-corrected chi connectivity index (χ2v) is 5.93. The Morgan fingerprint density at radius 3 is 2.47 bits per heavy atom. The minimum Gasteiger partial charge on any atom is -0.228 e. The van der Waals surface area contributed by atoms with Crippen molar-refractivity contribution < 1.29 is 17.2 Å². The van der Waals surface area contributed by atoms with E-state index in [1.165, 1.54) is 6.07 Å². The van der Waals surface area contributed by atoms with Crippen molar-refractivity contribution in [2.24, 2.45) is 5.14 Å². The molecule has 0 atom stereocenters. The zero-order chi connectivity index (χ0) is 11.8. The van der Waals surface area contributed by atoms with Gasteiger partial charge in [0.2, 0.25) is 0 Å². The molecule has 0 aliphatic carbocycles. The van der Waals surface area contributed by atoms with E-state index in [1.807, 2.05) is 0 Å². The number of halogens is 4. The molecule has 0 bridgehead atoms. The summed E-state index contributed by atoms with van der Waals surface area (Å²) in [4.78, 5) is 3.49. The third-order valence-corrected chi connectivity index (χ3v) is 3.49. The fourth-order valence-electron chi connectivity index (χ4n) is 0.888. The van der Waals surface area contributed by atoms with Crippen LogP contribution in [0.5, 0.6) is 0 Å². The third kappa shape index (κ3) is 3.04. The number of nitrogens with two attached hydrogens (primary N) is 1. The number of nitrogens with zero attached hydrogens (tertiary/aromatic N) is 1. The van der Waals surface area contributed by atoms with E-state index < -0.39 is 27.0 Å². The molecular weight excluding hydrogens is 409 g/mol. The van der Waals surface area contributed by atoms with Gasteiger partial charge in [0.15, 0.2) is 5.03 Å². The second kappa shape index (κ2) is 4.55. The Hall–Kier alpha value is 0.130. The Labute approximate surface area is 107 Å². The monoisotopic (exact) mass is 412 g/mol. The summed E-state index contributed by atoms with van der Waals surface area (Å²) in [5, 5.41) is 3.99. The first-order valence-electron chi connectivity index (χ1n) is 3.40. The van der Waals surface area contributed by atoms with Crippen molar-refractivity contribution in [3.63, 3.8) is 0 Å². The quantitative estimate of drug-likeness (QED) is 0.596. The van der Waals surface area contributed by atoms with Crippen molar-refractivity contribution in [1.29, 1.82) is 0 Å². The molecule has 0 aliphatic heterocycles. The van der Waals surface area contributed by atoms with Gasteiger partial charge in [-0.25, -0.2) is 27.3 Å². The largest absolute Gasteiger partial charge is 0.267 e. The van der Waals surface area contributed by atoms with Crippen LogP contribution in [-0.4, -0.2) is 13.4 Å². The molecule has 0 aliphatic rings. The van der Waals surface area contributed by atoms with Crippen molar-refractivity contribution in [1.82, 2.24) is 4.98 Å². The van der Waals surface area contributed by atoms with Crippen LogP contribution in [0.2, 0.25) is 0 Å². The first-order valence-corrected chi connectivity index (χ1v) is 6.82. The zero-order valence-corrected chi connectivity index (χ0v) is 11.5. The van der Waals surface area contributed by atoms with Gasteiger partial charge in [-0.2, -0.15) is 0 Å². The fraction of sp³-hybridized carbons (Fsp3) is 0.167. The number of sulfonamides is 1. The van der Waals surface area contributed by atoms with Gasteiger partial charge < -0.3 is 0 Å². The summed E-state index contributed by atoms with van der Waals surface area (Å²) in [7, 11) is -4.25. The molecule has 4 nitrogen and oxygen atoms in total. The van der Waals surface area contributed by atoms with E-state index >= 15 is 0 Å². The molecular formula is C6H4BrF2IN2O2S. The minimum atomic E-state index is -4.25. The number of primary sulfonamides is 1. The van der Waals surface area contributed by atoms with E-state index in [2.05, 4.69) is 20.9 Å². The first-order chi connectivity index (χ1) is 6.73. The molecule has 0 aromatic carbocycles. The van der Waals surface area contributed by atoms with Crippen molar-refractivity contribution in [3.8, 4) is 0 Å². The Morgan fingerprint density at radius 1 is 1.53 bits per heavy atom. The van der Waals surface area contributed by atoms with E-state index in [9.17, 15) is 17.2 Å². The van der Waals surface area contributed by atoms with Crippen LogP contribution in [0.4, 0.5) is 8.78 Å². The van der Waals surface area contributed by atoms with Gasteiger partial charge in [0, 0.05) is 4.47 Å². The molecule has 1 heterocycles. The van der Waals surface area contributed by atoms with Gasteiger partial charge in [0.1, 0.15) is 3.70 Å². The Balaban J connectivity index is 3.62. The number of alkyl halides is 2. The lowest BCUT2D eigenvalue weighted by atomic mass is 10.3. The smallest absolute Gasteiger partial charge is 0.228 e. The van der Waals surface area contributed by atoms with Gasteiger partial charge in [-0.1, -0.05) is 15.9 Å². The molecule has 2 N–H and O–H groups in total. The predicted octanol–water partition coefficient (Wildman–Crippen LogP) is 2.03. The van der Waals surface area contributed by atoms with Gasteiger partial charge in [-0.15, -0.1) is 0 Å². The van der Waals surface area contributed by atoms with Gasteiger partial charge in [0.05, 0.1) is 5.56 Å². The van der Waals surface area contributed by atoms with Crippen LogP contribution in [-0.2, 0) is 10.0 Å². The topological polar surface area (TPSA) is 73.1 Å². The molecule has 0 radical (unpaired) electrons. The van der Waals surface area contributed by atoms with Crippen molar-refractivity contribution in [3.05, 3.63) is 19.8 Å². The summed E-state index contributed by atoms with van der Waals surface area (Å²) >= 11 is 4.55. The third-order valence-electron chi connectivity index (χ3n) is 1.43. The minimum absolute atomic E-state index is 0.0269. The number of aromatic nitrogens is 1. The molecule has 0 fully saturated rings. The van der Waals surface area contributed by atoms with Gasteiger partial charge in [-0.05, 0) is 28.7 Å². The lowest BCUT2D eigenvalue weighted by Gasteiger charge is -2.08. The number of hydrogen-bond donors (Lipinski definition) is 1. The Morgan fingerprint density at radius 2 is 2.07 bits per heavy atom. The normalized spacial score (nSPS) is 12.1. The summed E-state index contributed by atoms with van der Waals surface area (Å²) in [5.74, 6) is 0. The predicted molar refractivity (Wildman–Crippen MR) is 61.0 cm³/mol. The molecule has 1 aromatic heterocycles. The molecule has 0 saturated heterocycles. The van der Waals surface area contributed by atoms with Crippen LogP contribution in [0, 0.1) is 3.70 Å². The molecule has 0 amide bonds. The molecule has 1 rings (SSSR count). The van der Waals surface area contributed by atoms with E-state index in [4.69, 9.17) is 5.14 Å². The lowest BCUT2D eigenvalue weighted by molar-refractivity contribution is 0.146. The highest BCUT2D eigenvalue weighted by Crippen LogP contribution is 2.32. The molecule has 0 saturated carbocycles. The maximum absolute atomic E-state index is 12.6. The van der Waals surface area contributed by atoms with Crippen LogP contribution >= 0.6 is 38.5 Å². The first kappa shape index (κ1) is 13.2. The van der Waals surface area contributed by atoms with Gasteiger partial charge >= 0.3 is 0 Å². The maximum atomic E-state index is 12.6. The van der Waals surface area contributed by atoms with Crippen molar-refractivity contribution in [2.45, 2.75) is 11.5 Å². The Bertz CT molecular complexity index is 494. The molecule has 84 valence electrons. The summed E-state index contributed by atoms with van der Waals surface area (Å²) in [6, 6.07) is 1.29. The van der Waals surface area contributed by atoms with Crippen LogP contribution in [0.15, 0.2) is 15.6 Å². The van der Waals surface area contributed by atoms with Gasteiger partial charge in [0.25, 0.3) is 16.4 Å². The maximum Gasteiger partial charge on any atom is 0.267 e. The average Bonchev–Trinajstić information content (AvgIpc) is 1.99. The zero-order valence-electron chi connectivity index (χ0n) is 6.92. The van der Waals surface area contributed by atoms with Crippen molar-refractivity contribution >= 4 is 48.5 Å². The van der Waals surface area contributed by atoms with Crippen LogP contribution in [0.3, 0.4) is 0 Å². The van der Waals surface area contributed by atoms with Crippen molar-refractivity contribution in [2.75, 3.05) is 0 Å². The van der Waals surface area contributed by atoms with Crippen LogP contribution in [0.1, 0.15) is 12.0 Å². The van der Waals surface area contributed by atoms with E-state index in [1.54, 1.807) is 22.6 Å². The van der Waals surface area contributed by atoms with E-state index in [0.29, 0.717) is 0 Å². The standard InChI is InChI=1S/C6H4BrF2IN2O2S/c7-2-1-3(10)12-6(15(11,13)14)4(2)5(8)9/h1,5H,(H2,11,13,14). The summed E-state index contributed by atoms with van der Waals surface area (Å²) in [6.07, 6.45) is -2.96. The summed E-state index contributed by atoms with van der Waals surface area (Å²) < 4.78 is 47.4. The SMILES string of the molecule is NS(=O)(=O)c1nc(I)cc(Br)c1C(F)F. The lowest BCUT2D eigenvalue weighted by Crippen LogP contribution is -2.17. The van der Waals surface area contributed by atoms with E-state index in [-0.39, 0.29) is 8.17 Å². The molecule has 15 heavy (non-hydrogen) atoms. The average molecular weight is 413 g/mol. The Kier molecular flexibility index (Phi) is 4.01. The van der Waals surface area contributed by atoms with Crippen LogP contribution in [0.25, 0.3) is 0 Å². The summed E-state index contributed by atoms with van der Waals surface area (Å²) in [5.41, 5.74) is -0.710. The van der Waals surface area contributed by atoms with Crippen LogP contribution < -0.4 is 5.14 Å². The highest BCUT2D eigenvalue weighted by Gasteiger charge is 2.25. The second-order valence-electron chi connectivity index (χ2n) is 2.49.